The van der Waals surface area contributed by atoms with Crippen LogP contribution in [0.2, 0.25) is 0 Å². The van der Waals surface area contributed by atoms with Gasteiger partial charge < -0.3 is 5.73 Å². The molecule has 0 saturated heterocycles. The number of rotatable bonds is 6. The van der Waals surface area contributed by atoms with E-state index in [1.807, 2.05) is 0 Å². The summed E-state index contributed by atoms with van der Waals surface area (Å²) in [7, 11) is 0. The van der Waals surface area contributed by atoms with Crippen molar-refractivity contribution >= 4 is 15.9 Å². The Morgan fingerprint density at radius 3 is 2.65 bits per heavy atom. The van der Waals surface area contributed by atoms with Gasteiger partial charge in [-0.1, -0.05) is 41.1 Å². The van der Waals surface area contributed by atoms with Gasteiger partial charge in [0.15, 0.2) is 0 Å². The zero-order valence-electron chi connectivity index (χ0n) is 10.4. The molecule has 0 aromatic heterocycles. The maximum absolute atomic E-state index is 5.98. The second-order valence-corrected chi connectivity index (χ2v) is 5.66. The topological polar surface area (TPSA) is 29.3 Å². The van der Waals surface area contributed by atoms with Crippen LogP contribution in [-0.2, 0) is 0 Å². The molecule has 1 aromatic carbocycles. The number of nitrogens with two attached hydrogens (primary N) is 1. The Morgan fingerprint density at radius 2 is 2.12 bits per heavy atom. The number of nitrogens with zero attached hydrogens (tertiary/aromatic N) is 1. The summed E-state index contributed by atoms with van der Waals surface area (Å²) in [6, 6.07) is 8.77. The second-order valence-electron chi connectivity index (χ2n) is 4.80. The van der Waals surface area contributed by atoms with E-state index >= 15 is 0 Å². The van der Waals surface area contributed by atoms with Gasteiger partial charge in [-0.2, -0.15) is 0 Å². The van der Waals surface area contributed by atoms with Crippen LogP contribution in [0.1, 0.15) is 31.4 Å². The van der Waals surface area contributed by atoms with Gasteiger partial charge >= 0.3 is 0 Å². The minimum atomic E-state index is 0.344. The Hall–Kier alpha value is -0.380. The highest BCUT2D eigenvalue weighted by atomic mass is 79.9. The maximum atomic E-state index is 5.98. The third kappa shape index (κ3) is 3.30. The van der Waals surface area contributed by atoms with Crippen LogP contribution >= 0.6 is 15.9 Å². The van der Waals surface area contributed by atoms with Gasteiger partial charge in [-0.15, -0.1) is 0 Å². The van der Waals surface area contributed by atoms with E-state index in [0.29, 0.717) is 12.6 Å². The van der Waals surface area contributed by atoms with Crippen molar-refractivity contribution in [2.45, 2.75) is 25.8 Å². The summed E-state index contributed by atoms with van der Waals surface area (Å²) < 4.78 is 1.17. The van der Waals surface area contributed by atoms with Crippen LogP contribution in [0.15, 0.2) is 28.7 Å². The molecule has 94 valence electrons. The van der Waals surface area contributed by atoms with E-state index in [4.69, 9.17) is 5.73 Å². The molecule has 1 aliphatic rings. The molecular weight excluding hydrogens is 276 g/mol. The number of benzene rings is 1. The number of halogens is 1. The Balaban J connectivity index is 2.15. The summed E-state index contributed by atoms with van der Waals surface area (Å²) in [6.07, 6.45) is 2.79. The normalized spacial score (nSPS) is 17.4. The third-order valence-corrected chi connectivity index (χ3v) is 4.25. The third-order valence-electron chi connectivity index (χ3n) is 3.52. The van der Waals surface area contributed by atoms with E-state index in [1.165, 1.54) is 29.4 Å². The lowest BCUT2D eigenvalue weighted by molar-refractivity contribution is 0.203. The van der Waals surface area contributed by atoms with Gasteiger partial charge in [0.2, 0.25) is 0 Å². The fraction of sp³-hybridized carbons (Fsp3) is 0.571. The molecule has 3 heteroatoms. The van der Waals surface area contributed by atoms with Gasteiger partial charge in [0.25, 0.3) is 0 Å². The van der Waals surface area contributed by atoms with Crippen LogP contribution in [0.5, 0.6) is 0 Å². The molecule has 0 spiro atoms. The summed E-state index contributed by atoms with van der Waals surface area (Å²) >= 11 is 3.63. The van der Waals surface area contributed by atoms with Crippen molar-refractivity contribution in [1.82, 2.24) is 4.90 Å². The molecule has 1 atom stereocenters. The molecule has 2 nitrogen and oxygen atoms in total. The zero-order valence-corrected chi connectivity index (χ0v) is 12.0. The molecule has 1 saturated carbocycles. The van der Waals surface area contributed by atoms with Crippen molar-refractivity contribution < 1.29 is 0 Å². The quantitative estimate of drug-likeness (QED) is 0.874. The molecule has 0 aliphatic heterocycles. The van der Waals surface area contributed by atoms with E-state index in [9.17, 15) is 0 Å². The minimum absolute atomic E-state index is 0.344. The molecule has 1 aliphatic carbocycles. The summed E-state index contributed by atoms with van der Waals surface area (Å²) in [5.41, 5.74) is 7.30. The molecule has 0 heterocycles. The van der Waals surface area contributed by atoms with Gasteiger partial charge in [-0.3, -0.25) is 4.90 Å². The van der Waals surface area contributed by atoms with E-state index in [1.54, 1.807) is 0 Å². The molecule has 2 N–H and O–H groups in total. The molecular formula is C14H21BrN2. The number of hydrogen-bond donors (Lipinski definition) is 1. The molecule has 0 radical (unpaired) electrons. The zero-order chi connectivity index (χ0) is 12.3. The smallest absolute Gasteiger partial charge is 0.0481 e. The monoisotopic (exact) mass is 296 g/mol. The van der Waals surface area contributed by atoms with Crippen molar-refractivity contribution in [3.05, 3.63) is 34.3 Å². The summed E-state index contributed by atoms with van der Waals surface area (Å²) in [5.74, 6) is 0.909. The minimum Gasteiger partial charge on any atom is -0.329 e. The lowest BCUT2D eigenvalue weighted by atomic mass is 10.0. The fourth-order valence-electron chi connectivity index (χ4n) is 2.33. The summed E-state index contributed by atoms with van der Waals surface area (Å²) in [6.45, 7) is 5.17. The van der Waals surface area contributed by atoms with E-state index in [-0.39, 0.29) is 0 Å². The van der Waals surface area contributed by atoms with Crippen molar-refractivity contribution in [2.75, 3.05) is 19.6 Å². The number of hydrogen-bond acceptors (Lipinski definition) is 2. The Bertz CT molecular complexity index is 363. The van der Waals surface area contributed by atoms with Crippen molar-refractivity contribution in [2.24, 2.45) is 11.7 Å². The van der Waals surface area contributed by atoms with E-state index in [2.05, 4.69) is 52.0 Å². The summed E-state index contributed by atoms with van der Waals surface area (Å²) in [5, 5.41) is 0. The average molecular weight is 297 g/mol. The SMILES string of the molecule is CCN(CC1CC1)C(CN)c1ccccc1Br. The fourth-order valence-corrected chi connectivity index (χ4v) is 2.88. The first-order chi connectivity index (χ1) is 8.26. The molecule has 0 bridgehead atoms. The van der Waals surface area contributed by atoms with Crippen molar-refractivity contribution in [1.29, 1.82) is 0 Å². The van der Waals surface area contributed by atoms with Crippen LogP contribution in [0.4, 0.5) is 0 Å². The van der Waals surface area contributed by atoms with Crippen molar-refractivity contribution in [3.63, 3.8) is 0 Å². The Kier molecular flexibility index (Phi) is 4.60. The van der Waals surface area contributed by atoms with Crippen LogP contribution in [-0.4, -0.2) is 24.5 Å². The standard InChI is InChI=1S/C14H21BrN2/c1-2-17(10-11-7-8-11)14(9-16)12-5-3-4-6-13(12)15/h3-6,11,14H,2,7-10,16H2,1H3. The maximum Gasteiger partial charge on any atom is 0.0481 e. The Morgan fingerprint density at radius 1 is 1.41 bits per heavy atom. The lowest BCUT2D eigenvalue weighted by Gasteiger charge is -2.30. The van der Waals surface area contributed by atoms with Gasteiger partial charge in [0.05, 0.1) is 0 Å². The van der Waals surface area contributed by atoms with Crippen LogP contribution < -0.4 is 5.73 Å². The average Bonchev–Trinajstić information content (AvgIpc) is 3.15. The molecule has 1 aromatic rings. The predicted molar refractivity (Wildman–Crippen MR) is 75.9 cm³/mol. The highest BCUT2D eigenvalue weighted by Crippen LogP contribution is 2.34. The first-order valence-corrected chi connectivity index (χ1v) is 7.24. The van der Waals surface area contributed by atoms with Crippen LogP contribution in [0.25, 0.3) is 0 Å². The molecule has 1 unspecified atom stereocenters. The highest BCUT2D eigenvalue weighted by Gasteiger charge is 2.28. The van der Waals surface area contributed by atoms with Gasteiger partial charge in [0.1, 0.15) is 0 Å². The van der Waals surface area contributed by atoms with Gasteiger partial charge in [0, 0.05) is 23.6 Å². The summed E-state index contributed by atoms with van der Waals surface area (Å²) in [4.78, 5) is 2.51. The first-order valence-electron chi connectivity index (χ1n) is 6.44. The van der Waals surface area contributed by atoms with Gasteiger partial charge in [-0.05, 0) is 36.9 Å². The van der Waals surface area contributed by atoms with E-state index < -0.39 is 0 Å². The lowest BCUT2D eigenvalue weighted by Crippen LogP contribution is -2.35. The number of likely N-dealkylation sites (N-methyl/N-ethyl adjacent to an activating group) is 1. The molecule has 2 rings (SSSR count). The molecule has 17 heavy (non-hydrogen) atoms. The highest BCUT2D eigenvalue weighted by molar-refractivity contribution is 9.10. The van der Waals surface area contributed by atoms with Crippen molar-refractivity contribution in [3.8, 4) is 0 Å². The second kappa shape index (κ2) is 5.98. The first kappa shape index (κ1) is 13.1. The Labute approximate surface area is 112 Å². The van der Waals surface area contributed by atoms with Crippen LogP contribution in [0, 0.1) is 5.92 Å². The largest absolute Gasteiger partial charge is 0.329 e. The predicted octanol–water partition coefficient (Wildman–Crippen LogP) is 3.18. The molecule has 0 amide bonds. The van der Waals surface area contributed by atoms with Gasteiger partial charge in [-0.25, -0.2) is 0 Å². The van der Waals surface area contributed by atoms with Crippen LogP contribution in [0.3, 0.4) is 0 Å². The van der Waals surface area contributed by atoms with E-state index in [0.717, 1.165) is 12.5 Å². The molecule has 1 fully saturated rings.